The summed E-state index contributed by atoms with van der Waals surface area (Å²) in [6.07, 6.45) is 1.51. The van der Waals surface area contributed by atoms with E-state index < -0.39 is 11.8 Å². The lowest BCUT2D eigenvalue weighted by Crippen LogP contribution is -2.33. The van der Waals surface area contributed by atoms with Gasteiger partial charge in [0.05, 0.1) is 6.54 Å². The van der Waals surface area contributed by atoms with Gasteiger partial charge in [-0.2, -0.15) is 0 Å². The number of nitrogens with one attached hydrogen (secondary N) is 1. The van der Waals surface area contributed by atoms with Crippen LogP contribution in [0.1, 0.15) is 21.6 Å². The van der Waals surface area contributed by atoms with E-state index in [1.165, 1.54) is 12.3 Å². The van der Waals surface area contributed by atoms with E-state index in [0.29, 0.717) is 5.56 Å². The average molecular weight is 299 g/mol. The molecule has 6 nitrogen and oxygen atoms in total. The predicted molar refractivity (Wildman–Crippen MR) is 82.3 cm³/mol. The number of aryl methyl sites for hydroxylation is 2. The lowest BCUT2D eigenvalue weighted by atomic mass is 9.99. The van der Waals surface area contributed by atoms with Gasteiger partial charge in [0, 0.05) is 11.8 Å². The van der Waals surface area contributed by atoms with Crippen molar-refractivity contribution in [2.75, 3.05) is 6.54 Å². The van der Waals surface area contributed by atoms with Gasteiger partial charge in [-0.15, -0.1) is 0 Å². The minimum Gasteiger partial charge on any atom is -0.505 e. The molecule has 6 heteroatoms. The lowest BCUT2D eigenvalue weighted by Gasteiger charge is -2.09. The summed E-state index contributed by atoms with van der Waals surface area (Å²) in [7, 11) is 0. The summed E-state index contributed by atoms with van der Waals surface area (Å²) in [4.78, 5) is 26.4. The zero-order valence-corrected chi connectivity index (χ0v) is 12.4. The van der Waals surface area contributed by atoms with E-state index in [4.69, 9.17) is 5.73 Å². The number of nitrogens with two attached hydrogens (primary N) is 1. The number of carbonyl (C=O) groups is 2. The summed E-state index contributed by atoms with van der Waals surface area (Å²) in [6, 6.07) is 7.44. The summed E-state index contributed by atoms with van der Waals surface area (Å²) in [5.74, 6) is -1.57. The summed E-state index contributed by atoms with van der Waals surface area (Å²) in [5.41, 5.74) is 8.58. The van der Waals surface area contributed by atoms with Crippen molar-refractivity contribution in [2.24, 2.45) is 5.73 Å². The van der Waals surface area contributed by atoms with Crippen molar-refractivity contribution in [3.63, 3.8) is 0 Å². The number of rotatable bonds is 4. The van der Waals surface area contributed by atoms with Crippen LogP contribution in [-0.2, 0) is 4.79 Å². The normalized spacial score (nSPS) is 10.3. The van der Waals surface area contributed by atoms with Crippen LogP contribution in [0.5, 0.6) is 5.75 Å². The summed E-state index contributed by atoms with van der Waals surface area (Å²) in [6.45, 7) is 3.62. The molecule has 2 amide bonds. The fourth-order valence-corrected chi connectivity index (χ4v) is 2.07. The lowest BCUT2D eigenvalue weighted by molar-refractivity contribution is -0.117. The van der Waals surface area contributed by atoms with Gasteiger partial charge in [-0.05, 0) is 31.0 Å². The molecule has 22 heavy (non-hydrogen) atoms. The van der Waals surface area contributed by atoms with Gasteiger partial charge in [-0.1, -0.05) is 23.8 Å². The molecule has 0 aliphatic heterocycles. The van der Waals surface area contributed by atoms with Crippen molar-refractivity contribution in [2.45, 2.75) is 13.8 Å². The van der Waals surface area contributed by atoms with Crippen molar-refractivity contribution in [1.29, 1.82) is 0 Å². The van der Waals surface area contributed by atoms with Crippen LogP contribution in [0.4, 0.5) is 0 Å². The van der Waals surface area contributed by atoms with Gasteiger partial charge in [0.15, 0.2) is 5.69 Å². The van der Waals surface area contributed by atoms with Crippen LogP contribution in [0.25, 0.3) is 11.1 Å². The van der Waals surface area contributed by atoms with Crippen LogP contribution in [-0.4, -0.2) is 28.4 Å². The molecular formula is C16H17N3O3. The number of carbonyl (C=O) groups excluding carboxylic acids is 2. The molecule has 0 spiro atoms. The number of hydrogen-bond donors (Lipinski definition) is 3. The first-order chi connectivity index (χ1) is 10.4. The van der Waals surface area contributed by atoms with Crippen LogP contribution in [0, 0.1) is 13.8 Å². The highest BCUT2D eigenvalue weighted by Gasteiger charge is 2.15. The monoisotopic (exact) mass is 299 g/mol. The minimum absolute atomic E-state index is 0.143. The maximum absolute atomic E-state index is 11.8. The Labute approximate surface area is 128 Å². The molecule has 0 saturated carbocycles. The first-order valence-corrected chi connectivity index (χ1v) is 6.71. The van der Waals surface area contributed by atoms with E-state index in [0.717, 1.165) is 16.7 Å². The van der Waals surface area contributed by atoms with Crippen LogP contribution < -0.4 is 11.1 Å². The Hall–Kier alpha value is -2.89. The zero-order chi connectivity index (χ0) is 16.3. The summed E-state index contributed by atoms with van der Waals surface area (Å²) < 4.78 is 0. The molecular weight excluding hydrogens is 282 g/mol. The van der Waals surface area contributed by atoms with E-state index in [1.807, 2.05) is 32.0 Å². The van der Waals surface area contributed by atoms with Gasteiger partial charge in [0.25, 0.3) is 5.91 Å². The largest absolute Gasteiger partial charge is 0.505 e. The molecule has 2 rings (SSSR count). The van der Waals surface area contributed by atoms with Gasteiger partial charge in [-0.25, -0.2) is 4.98 Å². The molecule has 0 aliphatic rings. The molecule has 0 bridgehead atoms. The second kappa shape index (κ2) is 6.26. The number of hydrogen-bond acceptors (Lipinski definition) is 4. The molecule has 1 aromatic heterocycles. The van der Waals surface area contributed by atoms with Gasteiger partial charge in [0.2, 0.25) is 5.91 Å². The Morgan fingerprint density at radius 3 is 2.64 bits per heavy atom. The highest BCUT2D eigenvalue weighted by atomic mass is 16.3. The van der Waals surface area contributed by atoms with Crippen molar-refractivity contribution in [3.05, 3.63) is 47.3 Å². The molecule has 1 aromatic carbocycles. The van der Waals surface area contributed by atoms with Crippen molar-refractivity contribution in [3.8, 4) is 16.9 Å². The first kappa shape index (κ1) is 15.5. The van der Waals surface area contributed by atoms with E-state index in [1.54, 1.807) is 0 Å². The van der Waals surface area contributed by atoms with Gasteiger partial charge in [-0.3, -0.25) is 9.59 Å². The van der Waals surface area contributed by atoms with E-state index in [2.05, 4.69) is 10.3 Å². The Bertz CT molecular complexity index is 741. The predicted octanol–water partition coefficient (Wildman–Crippen LogP) is 1.29. The number of aromatic hydroxyl groups is 1. The minimum atomic E-state index is -0.667. The first-order valence-electron chi connectivity index (χ1n) is 6.71. The Balaban J connectivity index is 2.32. The molecule has 0 fully saturated rings. The topological polar surface area (TPSA) is 105 Å². The Morgan fingerprint density at radius 2 is 2.00 bits per heavy atom. The molecule has 0 radical (unpaired) electrons. The Morgan fingerprint density at radius 1 is 1.27 bits per heavy atom. The second-order valence-electron chi connectivity index (χ2n) is 5.06. The Kier molecular flexibility index (Phi) is 4.41. The number of benzene rings is 1. The quantitative estimate of drug-likeness (QED) is 0.791. The van der Waals surface area contributed by atoms with E-state index in [-0.39, 0.29) is 18.0 Å². The fourth-order valence-electron chi connectivity index (χ4n) is 2.07. The third kappa shape index (κ3) is 3.41. The smallest absolute Gasteiger partial charge is 0.274 e. The van der Waals surface area contributed by atoms with Gasteiger partial charge >= 0.3 is 0 Å². The fraction of sp³-hybridized carbons (Fsp3) is 0.188. The molecule has 0 unspecified atom stereocenters. The molecule has 0 saturated heterocycles. The number of aromatic nitrogens is 1. The third-order valence-electron chi connectivity index (χ3n) is 3.21. The number of pyridine rings is 1. The van der Waals surface area contributed by atoms with Crippen molar-refractivity contribution >= 4 is 11.8 Å². The average Bonchev–Trinajstić information content (AvgIpc) is 2.47. The van der Waals surface area contributed by atoms with Crippen molar-refractivity contribution in [1.82, 2.24) is 10.3 Å². The van der Waals surface area contributed by atoms with Crippen LogP contribution >= 0.6 is 0 Å². The SMILES string of the molecule is Cc1ccc(C)c(-c2cnc(C(=O)NCC(N)=O)c(O)c2)c1. The van der Waals surface area contributed by atoms with Crippen LogP contribution in [0.2, 0.25) is 0 Å². The van der Waals surface area contributed by atoms with Crippen LogP contribution in [0.3, 0.4) is 0 Å². The molecule has 2 aromatic rings. The summed E-state index contributed by atoms with van der Waals surface area (Å²) in [5, 5.41) is 12.3. The highest BCUT2D eigenvalue weighted by Crippen LogP contribution is 2.28. The van der Waals surface area contributed by atoms with Gasteiger partial charge < -0.3 is 16.2 Å². The highest BCUT2D eigenvalue weighted by molar-refractivity contribution is 5.97. The molecule has 0 atom stereocenters. The van der Waals surface area contributed by atoms with E-state index >= 15 is 0 Å². The molecule has 4 N–H and O–H groups in total. The van der Waals surface area contributed by atoms with Crippen LogP contribution in [0.15, 0.2) is 30.5 Å². The number of primary amides is 1. The number of amides is 2. The van der Waals surface area contributed by atoms with Gasteiger partial charge in [0.1, 0.15) is 5.75 Å². The maximum atomic E-state index is 11.8. The standard InChI is InChI=1S/C16H17N3O3/c1-9-3-4-10(2)12(5-9)11-6-13(20)15(18-7-11)16(22)19-8-14(17)21/h3-7,20H,8H2,1-2H3,(H2,17,21)(H,19,22). The number of nitrogens with zero attached hydrogens (tertiary/aromatic N) is 1. The molecule has 0 aliphatic carbocycles. The summed E-state index contributed by atoms with van der Waals surface area (Å²) >= 11 is 0. The molecule has 1 heterocycles. The maximum Gasteiger partial charge on any atom is 0.274 e. The van der Waals surface area contributed by atoms with Crippen molar-refractivity contribution < 1.29 is 14.7 Å². The second-order valence-corrected chi connectivity index (χ2v) is 5.06. The van der Waals surface area contributed by atoms with E-state index in [9.17, 15) is 14.7 Å². The molecule has 114 valence electrons. The zero-order valence-electron chi connectivity index (χ0n) is 12.4. The third-order valence-corrected chi connectivity index (χ3v) is 3.21.